The van der Waals surface area contributed by atoms with Crippen LogP contribution in [0.25, 0.3) is 16.8 Å². The van der Waals surface area contributed by atoms with Gasteiger partial charge in [0.25, 0.3) is 5.91 Å². The SMILES string of the molecule is N#CC(=Cc1cccc(OC(=O)c2cccc3ccccc23)c1)C(=O)Nc1cccc(I)c1. The van der Waals surface area contributed by atoms with Crippen LogP contribution in [0.5, 0.6) is 5.75 Å². The smallest absolute Gasteiger partial charge is 0.344 e. The Labute approximate surface area is 204 Å². The summed E-state index contributed by atoms with van der Waals surface area (Å²) in [6.45, 7) is 0. The third-order valence-corrected chi connectivity index (χ3v) is 5.51. The second kappa shape index (κ2) is 10.1. The molecule has 1 N–H and O–H groups in total. The van der Waals surface area contributed by atoms with Crippen molar-refractivity contribution in [1.82, 2.24) is 0 Å². The van der Waals surface area contributed by atoms with E-state index in [2.05, 4.69) is 27.9 Å². The van der Waals surface area contributed by atoms with Crippen molar-refractivity contribution in [2.75, 3.05) is 5.32 Å². The zero-order chi connectivity index (χ0) is 23.2. The van der Waals surface area contributed by atoms with Gasteiger partial charge in [-0.1, -0.05) is 54.6 Å². The second-order valence-electron chi connectivity index (χ2n) is 7.12. The predicted molar refractivity (Wildman–Crippen MR) is 137 cm³/mol. The van der Waals surface area contributed by atoms with Gasteiger partial charge in [0.15, 0.2) is 0 Å². The van der Waals surface area contributed by atoms with Gasteiger partial charge in [-0.3, -0.25) is 4.79 Å². The fourth-order valence-corrected chi connectivity index (χ4v) is 3.86. The maximum atomic E-state index is 12.8. The van der Waals surface area contributed by atoms with E-state index in [4.69, 9.17) is 4.74 Å². The van der Waals surface area contributed by atoms with Crippen molar-refractivity contribution in [2.45, 2.75) is 0 Å². The highest BCUT2D eigenvalue weighted by Gasteiger charge is 2.13. The van der Waals surface area contributed by atoms with Gasteiger partial charge in [-0.2, -0.15) is 5.26 Å². The van der Waals surface area contributed by atoms with E-state index in [9.17, 15) is 14.9 Å². The Balaban J connectivity index is 1.54. The van der Waals surface area contributed by atoms with Crippen molar-refractivity contribution in [2.24, 2.45) is 0 Å². The average molecular weight is 544 g/mol. The van der Waals surface area contributed by atoms with Crippen LogP contribution in [0.1, 0.15) is 15.9 Å². The monoisotopic (exact) mass is 544 g/mol. The molecule has 33 heavy (non-hydrogen) atoms. The molecule has 0 aliphatic heterocycles. The third-order valence-electron chi connectivity index (χ3n) is 4.84. The van der Waals surface area contributed by atoms with Crippen molar-refractivity contribution in [3.8, 4) is 11.8 Å². The summed E-state index contributed by atoms with van der Waals surface area (Å²) >= 11 is 2.15. The molecule has 0 saturated heterocycles. The van der Waals surface area contributed by atoms with E-state index in [0.717, 1.165) is 14.3 Å². The molecule has 0 fully saturated rings. The maximum Gasteiger partial charge on any atom is 0.344 e. The fourth-order valence-electron chi connectivity index (χ4n) is 3.31. The van der Waals surface area contributed by atoms with Crippen LogP contribution in [0.2, 0.25) is 0 Å². The first-order valence-electron chi connectivity index (χ1n) is 10.0. The van der Waals surface area contributed by atoms with Gasteiger partial charge in [0.05, 0.1) is 5.56 Å². The molecule has 0 spiro atoms. The number of nitriles is 1. The van der Waals surface area contributed by atoms with Gasteiger partial charge < -0.3 is 10.1 Å². The Hall–Kier alpha value is -3.96. The van der Waals surface area contributed by atoms with Crippen LogP contribution < -0.4 is 10.1 Å². The molecule has 0 heterocycles. The molecule has 0 aliphatic rings. The van der Waals surface area contributed by atoms with Crippen LogP contribution in [0.15, 0.2) is 96.6 Å². The van der Waals surface area contributed by atoms with Crippen LogP contribution in [-0.4, -0.2) is 11.9 Å². The number of carbonyl (C=O) groups excluding carboxylic acids is 2. The molecular formula is C27H17IN2O3. The lowest BCUT2D eigenvalue weighted by Crippen LogP contribution is -2.13. The zero-order valence-electron chi connectivity index (χ0n) is 17.3. The molecule has 4 aromatic carbocycles. The highest BCUT2D eigenvalue weighted by atomic mass is 127. The summed E-state index contributed by atoms with van der Waals surface area (Å²) in [6, 6.07) is 29.0. The van der Waals surface area contributed by atoms with E-state index in [-0.39, 0.29) is 5.57 Å². The minimum Gasteiger partial charge on any atom is -0.423 e. The van der Waals surface area contributed by atoms with Crippen molar-refractivity contribution in [3.63, 3.8) is 0 Å². The summed E-state index contributed by atoms with van der Waals surface area (Å²) < 4.78 is 6.55. The Morgan fingerprint density at radius 2 is 1.67 bits per heavy atom. The number of hydrogen-bond donors (Lipinski definition) is 1. The van der Waals surface area contributed by atoms with Gasteiger partial charge in [-0.25, -0.2) is 4.79 Å². The number of fused-ring (bicyclic) bond motifs is 1. The van der Waals surface area contributed by atoms with Gasteiger partial charge in [0, 0.05) is 9.26 Å². The Morgan fingerprint density at radius 1 is 0.909 bits per heavy atom. The molecule has 0 unspecified atom stereocenters. The van der Waals surface area contributed by atoms with Gasteiger partial charge in [-0.05, 0) is 81.4 Å². The van der Waals surface area contributed by atoms with Crippen LogP contribution >= 0.6 is 22.6 Å². The van der Waals surface area contributed by atoms with E-state index in [0.29, 0.717) is 22.6 Å². The number of halogens is 1. The lowest BCUT2D eigenvalue weighted by molar-refractivity contribution is -0.112. The predicted octanol–water partition coefficient (Wildman–Crippen LogP) is 6.21. The molecule has 0 bridgehead atoms. The summed E-state index contributed by atoms with van der Waals surface area (Å²) in [5.41, 5.74) is 1.56. The average Bonchev–Trinajstić information content (AvgIpc) is 2.82. The van der Waals surface area contributed by atoms with Crippen molar-refractivity contribution in [1.29, 1.82) is 5.26 Å². The molecule has 5 nitrogen and oxygen atoms in total. The van der Waals surface area contributed by atoms with Crippen LogP contribution in [0.3, 0.4) is 0 Å². The first kappa shape index (κ1) is 22.2. The van der Waals surface area contributed by atoms with E-state index < -0.39 is 11.9 Å². The third kappa shape index (κ3) is 5.45. The molecule has 0 saturated carbocycles. The number of anilines is 1. The highest BCUT2D eigenvalue weighted by Crippen LogP contribution is 2.22. The van der Waals surface area contributed by atoms with Gasteiger partial charge in [-0.15, -0.1) is 0 Å². The van der Waals surface area contributed by atoms with Crippen molar-refractivity contribution in [3.05, 3.63) is 111 Å². The second-order valence-corrected chi connectivity index (χ2v) is 8.37. The normalized spacial score (nSPS) is 11.0. The van der Waals surface area contributed by atoms with Crippen molar-refractivity contribution >= 4 is 57.0 Å². The fraction of sp³-hybridized carbons (Fsp3) is 0. The Kier molecular flexibility index (Phi) is 6.81. The summed E-state index contributed by atoms with van der Waals surface area (Å²) in [6.07, 6.45) is 1.46. The molecule has 0 radical (unpaired) electrons. The number of nitrogens with one attached hydrogen (secondary N) is 1. The lowest BCUT2D eigenvalue weighted by atomic mass is 10.0. The standard InChI is InChI=1S/C27H17IN2O3/c28-21-9-5-10-22(16-21)30-26(31)20(17-29)14-18-6-3-11-23(15-18)33-27(32)25-13-4-8-19-7-1-2-12-24(19)25/h1-16H,(H,30,31). The number of esters is 1. The van der Waals surface area contributed by atoms with Crippen LogP contribution in [0.4, 0.5) is 5.69 Å². The molecule has 6 heteroatoms. The topological polar surface area (TPSA) is 79.2 Å². The molecule has 0 atom stereocenters. The molecular weight excluding hydrogens is 527 g/mol. The van der Waals surface area contributed by atoms with E-state index in [1.165, 1.54) is 6.08 Å². The summed E-state index contributed by atoms with van der Waals surface area (Å²) in [7, 11) is 0. The largest absolute Gasteiger partial charge is 0.423 e. The first-order chi connectivity index (χ1) is 16.0. The molecule has 0 aromatic heterocycles. The van der Waals surface area contributed by atoms with Crippen molar-refractivity contribution < 1.29 is 14.3 Å². The summed E-state index contributed by atoms with van der Waals surface area (Å²) in [5, 5.41) is 14.0. The zero-order valence-corrected chi connectivity index (χ0v) is 19.4. The van der Waals surface area contributed by atoms with Gasteiger partial charge in [0.1, 0.15) is 17.4 Å². The molecule has 160 valence electrons. The Morgan fingerprint density at radius 3 is 2.48 bits per heavy atom. The summed E-state index contributed by atoms with van der Waals surface area (Å²) in [5.74, 6) is -0.681. The van der Waals surface area contributed by atoms with E-state index >= 15 is 0 Å². The molecule has 4 aromatic rings. The number of rotatable bonds is 5. The van der Waals surface area contributed by atoms with Crippen LogP contribution in [0, 0.1) is 14.9 Å². The maximum absolute atomic E-state index is 12.8. The number of amides is 1. The number of nitrogens with zero attached hydrogens (tertiary/aromatic N) is 1. The van der Waals surface area contributed by atoms with Gasteiger partial charge >= 0.3 is 5.97 Å². The first-order valence-corrected chi connectivity index (χ1v) is 11.1. The molecule has 0 aliphatic carbocycles. The minimum absolute atomic E-state index is 0.0635. The molecule has 1 amide bonds. The summed E-state index contributed by atoms with van der Waals surface area (Å²) in [4.78, 5) is 25.3. The minimum atomic E-state index is -0.516. The molecule has 4 rings (SSSR count). The number of hydrogen-bond acceptors (Lipinski definition) is 4. The van der Waals surface area contributed by atoms with E-state index in [1.807, 2.05) is 54.6 Å². The highest BCUT2D eigenvalue weighted by molar-refractivity contribution is 14.1. The number of ether oxygens (including phenoxy) is 1. The number of carbonyl (C=O) groups is 2. The van der Waals surface area contributed by atoms with Gasteiger partial charge in [0.2, 0.25) is 0 Å². The van der Waals surface area contributed by atoms with E-state index in [1.54, 1.807) is 42.5 Å². The number of benzene rings is 4. The quantitative estimate of drug-likeness (QED) is 0.107. The Bertz CT molecular complexity index is 1430. The lowest BCUT2D eigenvalue weighted by Gasteiger charge is -2.08. The van der Waals surface area contributed by atoms with Crippen LogP contribution in [-0.2, 0) is 4.79 Å².